The quantitative estimate of drug-likeness (QED) is 0.513. The van der Waals surface area contributed by atoms with Gasteiger partial charge in [0.2, 0.25) is 0 Å². The van der Waals surface area contributed by atoms with Crippen LogP contribution in [0.2, 0.25) is 0 Å². The maximum Gasteiger partial charge on any atom is 0.137 e. The van der Waals surface area contributed by atoms with Gasteiger partial charge < -0.3 is 0 Å². The average Bonchev–Trinajstić information content (AvgIpc) is 2.86. The van der Waals surface area contributed by atoms with Gasteiger partial charge in [0.1, 0.15) is 5.78 Å². The molecule has 1 nitrogen and oxygen atoms in total. The molecule has 0 N–H and O–H groups in total. The molecular formula is C21H27ClO. The molecule has 124 valence electrons. The Morgan fingerprint density at radius 1 is 1.13 bits per heavy atom. The third-order valence-corrected chi connectivity index (χ3v) is 8.36. The summed E-state index contributed by atoms with van der Waals surface area (Å²) in [7, 11) is 0. The molecule has 4 rings (SSSR count). The Kier molecular flexibility index (Phi) is 3.49. The molecule has 0 bridgehead atoms. The lowest BCUT2D eigenvalue weighted by Gasteiger charge is -2.57. The molecule has 0 aromatic rings. The molecular weight excluding hydrogens is 304 g/mol. The van der Waals surface area contributed by atoms with Crippen molar-refractivity contribution in [3.63, 3.8) is 0 Å². The van der Waals surface area contributed by atoms with Crippen molar-refractivity contribution in [2.45, 2.75) is 65.2 Å². The summed E-state index contributed by atoms with van der Waals surface area (Å²) < 4.78 is 0. The molecule has 0 amide bonds. The lowest BCUT2D eigenvalue weighted by Crippen LogP contribution is -2.49. The molecule has 0 heterocycles. The third kappa shape index (κ3) is 2.02. The van der Waals surface area contributed by atoms with E-state index in [2.05, 4.69) is 26.2 Å². The van der Waals surface area contributed by atoms with E-state index < -0.39 is 0 Å². The summed E-state index contributed by atoms with van der Waals surface area (Å²) >= 11 is 6.76. The van der Waals surface area contributed by atoms with Gasteiger partial charge in [0, 0.05) is 17.9 Å². The number of Topliss-reactive ketones (excluding diaryl/α,β-unsaturated/α-hetero) is 1. The highest BCUT2D eigenvalue weighted by Crippen LogP contribution is 2.67. The largest absolute Gasteiger partial charge is 0.299 e. The van der Waals surface area contributed by atoms with Crippen LogP contribution in [0, 0.1) is 28.6 Å². The van der Waals surface area contributed by atoms with Crippen LogP contribution in [0.3, 0.4) is 0 Å². The standard InChI is InChI=1S/C21H27ClO/c1-4-13-5-6-16-15-12-19(22)18-11-14(23)7-9-21(18,3)17(15)8-10-20(13,16)2/h15-17H,1,5-12H2,2-3H3/t15?,16?,17?,20-,21-/m1/s1. The molecule has 3 unspecified atom stereocenters. The van der Waals surface area contributed by atoms with Crippen LogP contribution < -0.4 is 0 Å². The van der Waals surface area contributed by atoms with Crippen molar-refractivity contribution in [1.29, 1.82) is 0 Å². The molecule has 4 aliphatic rings. The Bertz CT molecular complexity index is 653. The highest BCUT2D eigenvalue weighted by molar-refractivity contribution is 6.30. The van der Waals surface area contributed by atoms with Crippen molar-refractivity contribution in [3.05, 3.63) is 28.5 Å². The molecule has 3 fully saturated rings. The van der Waals surface area contributed by atoms with Crippen LogP contribution in [0.5, 0.6) is 0 Å². The monoisotopic (exact) mass is 330 g/mol. The summed E-state index contributed by atoms with van der Waals surface area (Å²) in [6, 6.07) is 0. The van der Waals surface area contributed by atoms with Gasteiger partial charge in [-0.1, -0.05) is 32.0 Å². The fourth-order valence-corrected chi connectivity index (χ4v) is 7.11. The number of halogens is 1. The lowest BCUT2D eigenvalue weighted by atomic mass is 9.48. The first kappa shape index (κ1) is 15.7. The minimum Gasteiger partial charge on any atom is -0.299 e. The molecule has 4 aliphatic carbocycles. The molecule has 0 aliphatic heterocycles. The smallest absolute Gasteiger partial charge is 0.137 e. The number of ketones is 1. The first-order valence-corrected chi connectivity index (χ1v) is 9.57. The highest BCUT2D eigenvalue weighted by Gasteiger charge is 2.58. The predicted molar refractivity (Wildman–Crippen MR) is 94.2 cm³/mol. The Balaban J connectivity index is 1.76. The number of carbonyl (C=O) groups is 1. The summed E-state index contributed by atoms with van der Waals surface area (Å²) in [5, 5.41) is 1.02. The van der Waals surface area contributed by atoms with Crippen LogP contribution in [0.4, 0.5) is 0 Å². The Hall–Kier alpha value is -0.780. The predicted octanol–water partition coefficient (Wildman–Crippen LogP) is 5.80. The van der Waals surface area contributed by atoms with Gasteiger partial charge in [0.05, 0.1) is 0 Å². The highest BCUT2D eigenvalue weighted by atomic mass is 35.5. The van der Waals surface area contributed by atoms with Gasteiger partial charge in [-0.15, -0.1) is 5.73 Å². The second-order valence-electron chi connectivity index (χ2n) is 8.75. The molecule has 23 heavy (non-hydrogen) atoms. The molecule has 0 aromatic carbocycles. The van der Waals surface area contributed by atoms with Gasteiger partial charge in [-0.2, -0.15) is 0 Å². The Morgan fingerprint density at radius 2 is 1.87 bits per heavy atom. The van der Waals surface area contributed by atoms with Gasteiger partial charge >= 0.3 is 0 Å². The van der Waals surface area contributed by atoms with Gasteiger partial charge in [0.25, 0.3) is 0 Å². The first-order chi connectivity index (χ1) is 10.9. The van der Waals surface area contributed by atoms with E-state index in [1.807, 2.05) is 0 Å². The van der Waals surface area contributed by atoms with Crippen LogP contribution in [-0.4, -0.2) is 5.78 Å². The van der Waals surface area contributed by atoms with E-state index >= 15 is 0 Å². The van der Waals surface area contributed by atoms with Crippen LogP contribution in [0.15, 0.2) is 28.5 Å². The van der Waals surface area contributed by atoms with Crippen molar-refractivity contribution in [2.75, 3.05) is 0 Å². The summed E-state index contributed by atoms with van der Waals surface area (Å²) in [4.78, 5) is 12.0. The molecule has 2 heteroatoms. The first-order valence-electron chi connectivity index (χ1n) is 9.19. The van der Waals surface area contributed by atoms with Gasteiger partial charge in [-0.3, -0.25) is 4.79 Å². The minimum atomic E-state index is 0.163. The zero-order valence-electron chi connectivity index (χ0n) is 14.4. The third-order valence-electron chi connectivity index (χ3n) is 7.98. The van der Waals surface area contributed by atoms with Gasteiger partial charge in [0.15, 0.2) is 0 Å². The van der Waals surface area contributed by atoms with Crippen molar-refractivity contribution in [3.8, 4) is 0 Å². The lowest BCUT2D eigenvalue weighted by molar-refractivity contribution is -0.122. The molecule has 0 spiro atoms. The van der Waals surface area contributed by atoms with Crippen molar-refractivity contribution in [2.24, 2.45) is 28.6 Å². The molecule has 5 atom stereocenters. The van der Waals surface area contributed by atoms with E-state index in [4.69, 9.17) is 11.6 Å². The zero-order valence-corrected chi connectivity index (χ0v) is 15.1. The molecule has 0 radical (unpaired) electrons. The summed E-state index contributed by atoms with van der Waals surface area (Å²) in [5.41, 5.74) is 6.46. The SMILES string of the molecule is C=C=C1CCC2C3CC(Cl)=C4CC(=O)CC[C@]4(C)C3CC[C@]12C. The fourth-order valence-electron chi connectivity index (χ4n) is 6.65. The van der Waals surface area contributed by atoms with E-state index in [0.29, 0.717) is 29.5 Å². The maximum atomic E-state index is 12.0. The number of allylic oxidation sites excluding steroid dienone is 3. The van der Waals surface area contributed by atoms with E-state index in [0.717, 1.165) is 36.6 Å². The van der Waals surface area contributed by atoms with Gasteiger partial charge in [-0.05, 0) is 78.3 Å². The zero-order chi connectivity index (χ0) is 16.4. The summed E-state index contributed by atoms with van der Waals surface area (Å²) in [6.45, 7) is 8.79. The second kappa shape index (κ2) is 5.11. The molecule has 0 aromatic heterocycles. The van der Waals surface area contributed by atoms with Crippen molar-refractivity contribution >= 4 is 17.4 Å². The van der Waals surface area contributed by atoms with E-state index in [1.165, 1.54) is 30.4 Å². The van der Waals surface area contributed by atoms with E-state index in [9.17, 15) is 4.79 Å². The van der Waals surface area contributed by atoms with Crippen LogP contribution >= 0.6 is 11.6 Å². The number of fused-ring (bicyclic) bond motifs is 5. The van der Waals surface area contributed by atoms with Crippen LogP contribution in [-0.2, 0) is 4.79 Å². The van der Waals surface area contributed by atoms with Crippen LogP contribution in [0.25, 0.3) is 0 Å². The molecule has 3 saturated carbocycles. The number of carbonyl (C=O) groups excluding carboxylic acids is 1. The molecule has 0 saturated heterocycles. The maximum absolute atomic E-state index is 12.0. The second-order valence-corrected chi connectivity index (χ2v) is 9.20. The van der Waals surface area contributed by atoms with Gasteiger partial charge in [-0.25, -0.2) is 0 Å². The topological polar surface area (TPSA) is 17.1 Å². The Labute approximate surface area is 144 Å². The Morgan fingerprint density at radius 3 is 2.61 bits per heavy atom. The minimum absolute atomic E-state index is 0.163. The van der Waals surface area contributed by atoms with E-state index in [-0.39, 0.29) is 5.41 Å². The van der Waals surface area contributed by atoms with Crippen LogP contribution in [0.1, 0.15) is 65.2 Å². The van der Waals surface area contributed by atoms with Crippen molar-refractivity contribution in [1.82, 2.24) is 0 Å². The number of hydrogen-bond donors (Lipinski definition) is 0. The average molecular weight is 331 g/mol. The van der Waals surface area contributed by atoms with Crippen molar-refractivity contribution < 1.29 is 4.79 Å². The fraction of sp³-hybridized carbons (Fsp3) is 0.714. The normalized spacial score (nSPS) is 46.1. The van der Waals surface area contributed by atoms with E-state index in [1.54, 1.807) is 0 Å². The number of hydrogen-bond acceptors (Lipinski definition) is 1. The number of rotatable bonds is 0. The summed E-state index contributed by atoms with van der Waals surface area (Å²) in [5.74, 6) is 2.48. The summed E-state index contributed by atoms with van der Waals surface area (Å²) in [6.07, 6.45) is 8.31.